The lowest BCUT2D eigenvalue weighted by atomic mass is 9.85. The van der Waals surface area contributed by atoms with Crippen LogP contribution in [-0.2, 0) is 5.41 Å². The molecule has 1 aromatic rings. The molecule has 1 aromatic carbocycles. The lowest BCUT2D eigenvalue weighted by Gasteiger charge is -2.23. The molecular formula is C16H27NO. The fourth-order valence-corrected chi connectivity index (χ4v) is 1.89. The largest absolute Gasteiger partial charge is 0.492 e. The van der Waals surface area contributed by atoms with Crippen molar-refractivity contribution in [1.29, 1.82) is 0 Å². The fraction of sp³-hybridized carbons (Fsp3) is 0.625. The van der Waals surface area contributed by atoms with Gasteiger partial charge in [0.25, 0.3) is 0 Å². The second kappa shape index (κ2) is 6.79. The van der Waals surface area contributed by atoms with Crippen molar-refractivity contribution in [2.45, 2.75) is 46.5 Å². The van der Waals surface area contributed by atoms with E-state index in [1.165, 1.54) is 11.1 Å². The Hall–Kier alpha value is -1.02. The molecule has 0 unspecified atom stereocenters. The topological polar surface area (TPSA) is 21.3 Å². The molecule has 0 heterocycles. The van der Waals surface area contributed by atoms with Gasteiger partial charge in [-0.15, -0.1) is 0 Å². The summed E-state index contributed by atoms with van der Waals surface area (Å²) in [6.45, 7) is 13.7. The summed E-state index contributed by atoms with van der Waals surface area (Å²) in [5, 5.41) is 3.35. The van der Waals surface area contributed by atoms with Crippen LogP contribution < -0.4 is 10.1 Å². The summed E-state index contributed by atoms with van der Waals surface area (Å²) in [6.07, 6.45) is 1.16. The van der Waals surface area contributed by atoms with Gasteiger partial charge in [0.15, 0.2) is 0 Å². The molecule has 0 saturated carbocycles. The molecule has 0 fully saturated rings. The van der Waals surface area contributed by atoms with E-state index < -0.39 is 0 Å². The third kappa shape index (κ3) is 4.69. The minimum absolute atomic E-state index is 0.123. The molecule has 18 heavy (non-hydrogen) atoms. The third-order valence-electron chi connectivity index (χ3n) is 2.91. The maximum atomic E-state index is 5.90. The van der Waals surface area contributed by atoms with Gasteiger partial charge in [-0.3, -0.25) is 0 Å². The van der Waals surface area contributed by atoms with Gasteiger partial charge in [-0.1, -0.05) is 45.4 Å². The lowest BCUT2D eigenvalue weighted by molar-refractivity contribution is 0.306. The summed E-state index contributed by atoms with van der Waals surface area (Å²) in [7, 11) is 0. The Balaban J connectivity index is 2.65. The molecule has 0 aliphatic heterocycles. The first-order valence-electron chi connectivity index (χ1n) is 6.90. The molecule has 0 aliphatic carbocycles. The maximum absolute atomic E-state index is 5.90. The predicted molar refractivity (Wildman–Crippen MR) is 78.5 cm³/mol. The number of nitrogens with one attached hydrogen (secondary N) is 1. The second-order valence-corrected chi connectivity index (χ2v) is 5.85. The van der Waals surface area contributed by atoms with Gasteiger partial charge in [0, 0.05) is 6.54 Å². The van der Waals surface area contributed by atoms with Gasteiger partial charge < -0.3 is 10.1 Å². The van der Waals surface area contributed by atoms with Gasteiger partial charge in [0.2, 0.25) is 0 Å². The number of rotatable bonds is 6. The highest BCUT2D eigenvalue weighted by atomic mass is 16.5. The molecule has 0 atom stereocenters. The third-order valence-corrected chi connectivity index (χ3v) is 2.91. The van der Waals surface area contributed by atoms with E-state index in [0.717, 1.165) is 31.9 Å². The van der Waals surface area contributed by atoms with Crippen LogP contribution in [0, 0.1) is 6.92 Å². The Morgan fingerprint density at radius 1 is 1.17 bits per heavy atom. The summed E-state index contributed by atoms with van der Waals surface area (Å²) in [6, 6.07) is 6.44. The smallest absolute Gasteiger partial charge is 0.123 e. The molecule has 0 spiro atoms. The molecule has 1 rings (SSSR count). The Morgan fingerprint density at radius 3 is 2.50 bits per heavy atom. The Morgan fingerprint density at radius 2 is 1.89 bits per heavy atom. The Kier molecular flexibility index (Phi) is 5.67. The van der Waals surface area contributed by atoms with Crippen LogP contribution in [0.25, 0.3) is 0 Å². The number of hydrogen-bond acceptors (Lipinski definition) is 2. The fourth-order valence-electron chi connectivity index (χ4n) is 1.89. The van der Waals surface area contributed by atoms with Crippen LogP contribution in [0.3, 0.4) is 0 Å². The molecule has 0 radical (unpaired) electrons. The standard InChI is InChI=1S/C16H27NO/c1-6-9-17-10-11-18-15-8-7-13(2)12-14(15)16(3,4)5/h7-8,12,17H,6,9-11H2,1-5H3. The zero-order valence-electron chi connectivity index (χ0n) is 12.5. The van der Waals surface area contributed by atoms with Gasteiger partial charge in [-0.2, -0.15) is 0 Å². The van der Waals surface area contributed by atoms with E-state index in [2.05, 4.69) is 58.1 Å². The monoisotopic (exact) mass is 249 g/mol. The first-order valence-corrected chi connectivity index (χ1v) is 6.90. The van der Waals surface area contributed by atoms with E-state index in [4.69, 9.17) is 4.74 Å². The maximum Gasteiger partial charge on any atom is 0.123 e. The molecule has 0 amide bonds. The minimum atomic E-state index is 0.123. The van der Waals surface area contributed by atoms with Crippen molar-refractivity contribution >= 4 is 0 Å². The van der Waals surface area contributed by atoms with Crippen LogP contribution in [0.5, 0.6) is 5.75 Å². The minimum Gasteiger partial charge on any atom is -0.492 e. The zero-order valence-corrected chi connectivity index (χ0v) is 12.5. The average Bonchev–Trinajstić information content (AvgIpc) is 2.29. The average molecular weight is 249 g/mol. The first-order chi connectivity index (χ1) is 8.45. The molecule has 0 saturated heterocycles. The van der Waals surface area contributed by atoms with E-state index in [9.17, 15) is 0 Å². The zero-order chi connectivity index (χ0) is 13.6. The number of aryl methyl sites for hydroxylation is 1. The van der Waals surface area contributed by atoms with Crippen LogP contribution in [0.1, 0.15) is 45.2 Å². The van der Waals surface area contributed by atoms with Crippen molar-refractivity contribution in [3.8, 4) is 5.75 Å². The van der Waals surface area contributed by atoms with Crippen LogP contribution >= 0.6 is 0 Å². The summed E-state index contributed by atoms with van der Waals surface area (Å²) in [5.41, 5.74) is 2.70. The van der Waals surface area contributed by atoms with Crippen molar-refractivity contribution < 1.29 is 4.74 Å². The normalized spacial score (nSPS) is 11.6. The van der Waals surface area contributed by atoms with Gasteiger partial charge in [0.05, 0.1) is 0 Å². The Labute approximate surface area is 112 Å². The van der Waals surface area contributed by atoms with E-state index in [-0.39, 0.29) is 5.41 Å². The van der Waals surface area contributed by atoms with Gasteiger partial charge in [-0.05, 0) is 36.9 Å². The summed E-state index contributed by atoms with van der Waals surface area (Å²) in [5.74, 6) is 1.02. The molecule has 0 bridgehead atoms. The highest BCUT2D eigenvalue weighted by molar-refractivity contribution is 5.41. The van der Waals surface area contributed by atoms with Crippen LogP contribution in [-0.4, -0.2) is 19.7 Å². The Bertz CT molecular complexity index is 366. The number of benzene rings is 1. The number of ether oxygens (including phenoxy) is 1. The molecule has 0 aliphatic rings. The molecule has 2 heteroatoms. The van der Waals surface area contributed by atoms with Gasteiger partial charge >= 0.3 is 0 Å². The van der Waals surface area contributed by atoms with Crippen LogP contribution in [0.4, 0.5) is 0 Å². The molecular weight excluding hydrogens is 222 g/mol. The van der Waals surface area contributed by atoms with Crippen LogP contribution in [0.2, 0.25) is 0 Å². The SMILES string of the molecule is CCCNCCOc1ccc(C)cc1C(C)(C)C. The first kappa shape index (κ1) is 15.0. The quantitative estimate of drug-likeness (QED) is 0.777. The van der Waals surface area contributed by atoms with E-state index in [1.807, 2.05) is 0 Å². The molecule has 1 N–H and O–H groups in total. The van der Waals surface area contributed by atoms with Crippen molar-refractivity contribution in [1.82, 2.24) is 5.32 Å². The molecule has 2 nitrogen and oxygen atoms in total. The van der Waals surface area contributed by atoms with Crippen molar-refractivity contribution in [3.05, 3.63) is 29.3 Å². The number of hydrogen-bond donors (Lipinski definition) is 1. The summed E-state index contributed by atoms with van der Waals surface area (Å²) >= 11 is 0. The molecule has 102 valence electrons. The van der Waals surface area contributed by atoms with Crippen molar-refractivity contribution in [2.75, 3.05) is 19.7 Å². The second-order valence-electron chi connectivity index (χ2n) is 5.85. The van der Waals surface area contributed by atoms with Gasteiger partial charge in [-0.25, -0.2) is 0 Å². The van der Waals surface area contributed by atoms with Gasteiger partial charge in [0.1, 0.15) is 12.4 Å². The summed E-state index contributed by atoms with van der Waals surface area (Å²) < 4.78 is 5.90. The van der Waals surface area contributed by atoms with E-state index in [1.54, 1.807) is 0 Å². The van der Waals surface area contributed by atoms with Crippen molar-refractivity contribution in [3.63, 3.8) is 0 Å². The lowest BCUT2D eigenvalue weighted by Crippen LogP contribution is -2.22. The predicted octanol–water partition coefficient (Wildman–Crippen LogP) is 3.67. The van der Waals surface area contributed by atoms with Crippen molar-refractivity contribution in [2.24, 2.45) is 0 Å². The highest BCUT2D eigenvalue weighted by Gasteiger charge is 2.18. The van der Waals surface area contributed by atoms with Crippen LogP contribution in [0.15, 0.2) is 18.2 Å². The summed E-state index contributed by atoms with van der Waals surface area (Å²) in [4.78, 5) is 0. The highest BCUT2D eigenvalue weighted by Crippen LogP contribution is 2.31. The molecule has 0 aromatic heterocycles. The van der Waals surface area contributed by atoms with E-state index >= 15 is 0 Å². The van der Waals surface area contributed by atoms with E-state index in [0.29, 0.717) is 0 Å².